The van der Waals surface area contributed by atoms with Crippen molar-refractivity contribution in [2.75, 3.05) is 0 Å². The molecule has 0 N–H and O–H groups in total. The molecule has 0 saturated carbocycles. The van der Waals surface area contributed by atoms with Crippen LogP contribution in [-0.4, -0.2) is 0 Å². The lowest BCUT2D eigenvalue weighted by molar-refractivity contribution is 0.224. The minimum atomic E-state index is -0.0673. The summed E-state index contributed by atoms with van der Waals surface area (Å²) < 4.78 is 0. The first-order chi connectivity index (χ1) is 20.7. The van der Waals surface area contributed by atoms with Crippen molar-refractivity contribution in [3.05, 3.63) is 179 Å². The van der Waals surface area contributed by atoms with E-state index < -0.39 is 0 Å². The van der Waals surface area contributed by atoms with Crippen molar-refractivity contribution in [1.29, 1.82) is 0 Å². The van der Waals surface area contributed by atoms with Gasteiger partial charge in [-0.25, -0.2) is 0 Å². The molecule has 5 rings (SSSR count). The standard InChI is InChI=1S/C43H48/c1-34(35-21-11-6-12-22-35)40(36-23-13-7-14-24-36)31-42(4,38-27-17-9-18-28-38)33-43(5,39-29-19-10-20-30-39)32-41(2,3)37-25-15-8-16-26-37/h6-30,34,40H,31-33H2,1-5H3. The highest BCUT2D eigenvalue weighted by atomic mass is 14.5. The smallest absolute Gasteiger partial charge is 0.00586 e. The second-order valence-corrected chi connectivity index (χ2v) is 13.9. The predicted octanol–water partition coefficient (Wildman–Crippen LogP) is 11.6. The largest absolute Gasteiger partial charge is 0.0622 e. The Bertz CT molecular complexity index is 1520. The van der Waals surface area contributed by atoms with Gasteiger partial charge in [0.25, 0.3) is 0 Å². The molecule has 0 radical (unpaired) electrons. The Balaban J connectivity index is 1.61. The molecule has 0 nitrogen and oxygen atoms in total. The first kappa shape index (κ1) is 30.6. The lowest BCUT2D eigenvalue weighted by Crippen LogP contribution is -2.40. The highest BCUT2D eigenvalue weighted by Crippen LogP contribution is 2.51. The number of hydrogen-bond donors (Lipinski definition) is 0. The fourth-order valence-corrected chi connectivity index (χ4v) is 7.83. The van der Waals surface area contributed by atoms with Crippen LogP contribution in [0.15, 0.2) is 152 Å². The van der Waals surface area contributed by atoms with Crippen LogP contribution in [0.1, 0.15) is 93.5 Å². The molecular weight excluding hydrogens is 516 g/mol. The molecule has 0 aliphatic heterocycles. The lowest BCUT2D eigenvalue weighted by Gasteiger charge is -2.46. The lowest BCUT2D eigenvalue weighted by atomic mass is 9.58. The van der Waals surface area contributed by atoms with Crippen LogP contribution in [0.3, 0.4) is 0 Å². The molecule has 43 heavy (non-hydrogen) atoms. The van der Waals surface area contributed by atoms with Gasteiger partial charge in [0.05, 0.1) is 0 Å². The third-order valence-corrected chi connectivity index (χ3v) is 9.94. The van der Waals surface area contributed by atoms with E-state index >= 15 is 0 Å². The molecule has 0 bridgehead atoms. The molecule has 5 aromatic carbocycles. The maximum atomic E-state index is 2.53. The van der Waals surface area contributed by atoms with E-state index in [0.717, 1.165) is 19.3 Å². The van der Waals surface area contributed by atoms with Crippen molar-refractivity contribution in [1.82, 2.24) is 0 Å². The summed E-state index contributed by atoms with van der Waals surface area (Å²) in [6, 6.07) is 56.0. The molecule has 0 aliphatic rings. The summed E-state index contributed by atoms with van der Waals surface area (Å²) in [5.74, 6) is 0.756. The Morgan fingerprint density at radius 1 is 0.419 bits per heavy atom. The maximum Gasteiger partial charge on any atom is -0.00586 e. The Kier molecular flexibility index (Phi) is 9.36. The molecule has 220 valence electrons. The van der Waals surface area contributed by atoms with Gasteiger partial charge in [-0.1, -0.05) is 186 Å². The van der Waals surface area contributed by atoms with Gasteiger partial charge in [-0.15, -0.1) is 0 Å². The van der Waals surface area contributed by atoms with Crippen molar-refractivity contribution in [2.45, 2.75) is 82.0 Å². The van der Waals surface area contributed by atoms with Crippen LogP contribution >= 0.6 is 0 Å². The second-order valence-electron chi connectivity index (χ2n) is 13.9. The minimum absolute atomic E-state index is 0.0135. The normalized spacial score (nSPS) is 16.0. The molecule has 5 aromatic rings. The maximum absolute atomic E-state index is 2.53. The van der Waals surface area contributed by atoms with Crippen LogP contribution < -0.4 is 0 Å². The third-order valence-electron chi connectivity index (χ3n) is 9.94. The molecule has 0 spiro atoms. The van der Waals surface area contributed by atoms with Crippen molar-refractivity contribution in [2.24, 2.45) is 0 Å². The molecule has 0 fully saturated rings. The second kappa shape index (κ2) is 13.2. The number of hydrogen-bond acceptors (Lipinski definition) is 0. The fraction of sp³-hybridized carbons (Fsp3) is 0.302. The third kappa shape index (κ3) is 7.19. The summed E-state index contributed by atoms with van der Waals surface area (Å²) in [7, 11) is 0. The van der Waals surface area contributed by atoms with Gasteiger partial charge in [-0.3, -0.25) is 0 Å². The summed E-state index contributed by atoms with van der Waals surface area (Å²) in [6.45, 7) is 12.3. The van der Waals surface area contributed by atoms with Crippen LogP contribution in [0.4, 0.5) is 0 Å². The average Bonchev–Trinajstić information content (AvgIpc) is 3.05. The van der Waals surface area contributed by atoms with E-state index in [4.69, 9.17) is 0 Å². The molecule has 0 aliphatic carbocycles. The minimum Gasteiger partial charge on any atom is -0.0622 e. The zero-order valence-electron chi connectivity index (χ0n) is 26.7. The van der Waals surface area contributed by atoms with Crippen molar-refractivity contribution >= 4 is 0 Å². The highest BCUT2D eigenvalue weighted by Gasteiger charge is 2.43. The van der Waals surface area contributed by atoms with Gasteiger partial charge in [-0.2, -0.15) is 0 Å². The van der Waals surface area contributed by atoms with Crippen molar-refractivity contribution in [3.8, 4) is 0 Å². The van der Waals surface area contributed by atoms with E-state index in [1.165, 1.54) is 27.8 Å². The monoisotopic (exact) mass is 564 g/mol. The Hall–Kier alpha value is -3.90. The summed E-state index contributed by atoms with van der Waals surface area (Å²) >= 11 is 0. The van der Waals surface area contributed by atoms with Gasteiger partial charge in [-0.05, 0) is 75.2 Å². The number of benzene rings is 5. The molecule has 4 unspecified atom stereocenters. The van der Waals surface area contributed by atoms with Crippen molar-refractivity contribution in [3.63, 3.8) is 0 Å². The summed E-state index contributed by atoms with van der Waals surface area (Å²) in [5.41, 5.74) is 6.97. The van der Waals surface area contributed by atoms with Crippen molar-refractivity contribution < 1.29 is 0 Å². The highest BCUT2D eigenvalue weighted by molar-refractivity contribution is 5.36. The predicted molar refractivity (Wildman–Crippen MR) is 185 cm³/mol. The fourth-order valence-electron chi connectivity index (χ4n) is 7.83. The molecule has 0 heterocycles. The van der Waals surface area contributed by atoms with E-state index in [-0.39, 0.29) is 16.2 Å². The SMILES string of the molecule is CC(c1ccccc1)C(CC(C)(CC(C)(CC(C)(C)c1ccccc1)c1ccccc1)c1ccccc1)c1ccccc1. The van der Waals surface area contributed by atoms with Crippen LogP contribution in [0.25, 0.3) is 0 Å². The van der Waals surface area contributed by atoms with E-state index in [1.807, 2.05) is 0 Å². The van der Waals surface area contributed by atoms with Crippen LogP contribution in [0.2, 0.25) is 0 Å². The van der Waals surface area contributed by atoms with Gasteiger partial charge in [0.15, 0.2) is 0 Å². The summed E-state index contributed by atoms with van der Waals surface area (Å²) in [5, 5.41) is 0. The zero-order valence-corrected chi connectivity index (χ0v) is 26.7. The first-order valence-corrected chi connectivity index (χ1v) is 16.0. The zero-order chi connectivity index (χ0) is 30.3. The van der Waals surface area contributed by atoms with E-state index in [0.29, 0.717) is 11.8 Å². The topological polar surface area (TPSA) is 0 Å². The molecule has 4 atom stereocenters. The molecule has 0 amide bonds. The summed E-state index contributed by atoms with van der Waals surface area (Å²) in [4.78, 5) is 0. The number of rotatable bonds is 12. The summed E-state index contributed by atoms with van der Waals surface area (Å²) in [6.07, 6.45) is 3.17. The van der Waals surface area contributed by atoms with Gasteiger partial charge in [0.1, 0.15) is 0 Å². The van der Waals surface area contributed by atoms with E-state index in [1.54, 1.807) is 0 Å². The van der Waals surface area contributed by atoms with E-state index in [9.17, 15) is 0 Å². The van der Waals surface area contributed by atoms with Crippen LogP contribution in [-0.2, 0) is 16.2 Å². The van der Waals surface area contributed by atoms with Gasteiger partial charge in [0.2, 0.25) is 0 Å². The van der Waals surface area contributed by atoms with Crippen LogP contribution in [0, 0.1) is 0 Å². The molecular formula is C43H48. The Morgan fingerprint density at radius 2 is 0.791 bits per heavy atom. The van der Waals surface area contributed by atoms with Crippen LogP contribution in [0.5, 0.6) is 0 Å². The quantitative estimate of drug-likeness (QED) is 0.141. The molecule has 0 heteroatoms. The Labute approximate surface area is 260 Å². The Morgan fingerprint density at radius 3 is 1.26 bits per heavy atom. The van der Waals surface area contributed by atoms with Gasteiger partial charge < -0.3 is 0 Å². The van der Waals surface area contributed by atoms with Gasteiger partial charge in [0, 0.05) is 0 Å². The molecule has 0 aromatic heterocycles. The molecule has 0 saturated heterocycles. The van der Waals surface area contributed by atoms with Gasteiger partial charge >= 0.3 is 0 Å². The van der Waals surface area contributed by atoms with E-state index in [2.05, 4.69) is 186 Å². The average molecular weight is 565 g/mol. The first-order valence-electron chi connectivity index (χ1n) is 16.0.